The second-order valence-electron chi connectivity index (χ2n) is 7.48. The second-order valence-corrected chi connectivity index (χ2v) is 21.5. The number of hydrogen-bond donors (Lipinski definition) is 0. The molecule has 0 N–H and O–H groups in total. The normalized spacial score (nSPS) is 16.9. The highest BCUT2D eigenvalue weighted by Crippen LogP contribution is 2.26. The average molecular weight is 415 g/mol. The summed E-state index contributed by atoms with van der Waals surface area (Å²) in [6.07, 6.45) is 0.929. The maximum absolute atomic E-state index is 6.54. The van der Waals surface area contributed by atoms with Crippen molar-refractivity contribution in [3.8, 4) is 0 Å². The van der Waals surface area contributed by atoms with Crippen LogP contribution in [0.25, 0.3) is 0 Å². The maximum Gasteiger partial charge on any atom is 0.315 e. The monoisotopic (exact) mass is 414 g/mol. The van der Waals surface area contributed by atoms with Crippen molar-refractivity contribution in [2.75, 3.05) is 34.0 Å². The minimum Gasteiger partial charge on any atom is -0.437 e. The molecule has 0 aliphatic rings. The van der Waals surface area contributed by atoms with Crippen LogP contribution in [0, 0.1) is 0 Å². The Morgan fingerprint density at radius 2 is 1.46 bits per heavy atom. The molecule has 0 rings (SSSR count). The van der Waals surface area contributed by atoms with Crippen LogP contribution in [0.2, 0.25) is 51.9 Å². The van der Waals surface area contributed by atoms with Gasteiger partial charge >= 0.3 is 26.4 Å². The van der Waals surface area contributed by atoms with Gasteiger partial charge in [-0.15, -0.1) is 0 Å². The number of ether oxygens (including phenoxy) is 2. The molecule has 0 spiro atoms. The van der Waals surface area contributed by atoms with Crippen LogP contribution in [0.4, 0.5) is 0 Å². The molecule has 0 saturated carbocycles. The Hall–Kier alpha value is 0.628. The van der Waals surface area contributed by atoms with E-state index >= 15 is 0 Å². The van der Waals surface area contributed by atoms with Crippen molar-refractivity contribution in [1.82, 2.24) is 0 Å². The molecule has 2 atom stereocenters. The van der Waals surface area contributed by atoms with Gasteiger partial charge in [-0.05, 0) is 58.3 Å². The highest BCUT2D eigenvalue weighted by atomic mass is 28.5. The number of hydrogen-bond acceptors (Lipinski definition) is 6. The maximum atomic E-state index is 6.54. The zero-order valence-corrected chi connectivity index (χ0v) is 21.2. The summed E-state index contributed by atoms with van der Waals surface area (Å²) in [5.41, 5.74) is 0. The molecule has 0 bridgehead atoms. The van der Waals surface area contributed by atoms with Gasteiger partial charge in [-0.3, -0.25) is 0 Å². The third kappa shape index (κ3) is 12.9. The molecule has 24 heavy (non-hydrogen) atoms. The van der Waals surface area contributed by atoms with Crippen molar-refractivity contribution in [1.29, 1.82) is 0 Å². The van der Waals surface area contributed by atoms with Gasteiger partial charge in [0.15, 0.2) is 8.32 Å². The Bertz CT molecular complexity index is 340. The summed E-state index contributed by atoms with van der Waals surface area (Å²) in [6.45, 7) is 16.9. The van der Waals surface area contributed by atoms with Crippen molar-refractivity contribution in [2.24, 2.45) is 0 Å². The lowest BCUT2D eigenvalue weighted by Crippen LogP contribution is -2.55. The number of rotatable bonds is 14. The van der Waals surface area contributed by atoms with Crippen LogP contribution in [0.15, 0.2) is 0 Å². The fraction of sp³-hybridized carbons (Fsp3) is 1.00. The van der Waals surface area contributed by atoms with Crippen LogP contribution in [-0.2, 0) is 26.2 Å². The quantitative estimate of drug-likeness (QED) is 0.321. The Kier molecular flexibility index (Phi) is 11.7. The third-order valence-corrected chi connectivity index (χ3v) is 16.5. The minimum absolute atomic E-state index is 0.629. The van der Waals surface area contributed by atoms with E-state index < -0.39 is 34.7 Å². The van der Waals surface area contributed by atoms with Crippen molar-refractivity contribution in [2.45, 2.75) is 58.3 Å². The zero-order valence-electron chi connectivity index (χ0n) is 17.1. The predicted molar refractivity (Wildman–Crippen MR) is 108 cm³/mol. The molecular formula is C14H38O6Si4. The number of methoxy groups -OCH3 is 1. The van der Waals surface area contributed by atoms with Crippen LogP contribution < -0.4 is 0 Å². The summed E-state index contributed by atoms with van der Waals surface area (Å²) < 4.78 is 35.1. The first-order chi connectivity index (χ1) is 10.9. The van der Waals surface area contributed by atoms with Crippen LogP contribution in [0.3, 0.4) is 0 Å². The second kappa shape index (κ2) is 11.4. The minimum atomic E-state index is -2.31. The average Bonchev–Trinajstić information content (AvgIpc) is 2.39. The van der Waals surface area contributed by atoms with Crippen LogP contribution in [0.5, 0.6) is 0 Å². The summed E-state index contributed by atoms with van der Waals surface area (Å²) in [5, 5.41) is 0. The van der Waals surface area contributed by atoms with Crippen molar-refractivity contribution < 1.29 is 26.2 Å². The standard InChI is InChI=1S/C14H38O6Si4/c1-15-12-13-17-11-10-14-24(9,19-22(4,5)6)20-23(7,8)18-21(3)16-2/h21H,10-14H2,1-9H3. The molecule has 0 aromatic heterocycles. The molecule has 146 valence electrons. The molecule has 2 unspecified atom stereocenters. The Labute approximate surface area is 153 Å². The molecule has 6 nitrogen and oxygen atoms in total. The van der Waals surface area contributed by atoms with Crippen LogP contribution in [-0.4, -0.2) is 68.8 Å². The van der Waals surface area contributed by atoms with Gasteiger partial charge in [-0.25, -0.2) is 0 Å². The van der Waals surface area contributed by atoms with Crippen molar-refractivity contribution in [3.05, 3.63) is 0 Å². The van der Waals surface area contributed by atoms with E-state index in [0.717, 1.165) is 12.5 Å². The fourth-order valence-electron chi connectivity index (χ4n) is 2.50. The predicted octanol–water partition coefficient (Wildman–Crippen LogP) is 3.19. The van der Waals surface area contributed by atoms with Crippen molar-refractivity contribution >= 4 is 34.7 Å². The van der Waals surface area contributed by atoms with Gasteiger partial charge in [0.2, 0.25) is 0 Å². The topological polar surface area (TPSA) is 55.4 Å². The molecular weight excluding hydrogens is 376 g/mol. The third-order valence-electron chi connectivity index (χ3n) is 3.12. The van der Waals surface area contributed by atoms with Gasteiger partial charge in [0.05, 0.1) is 13.2 Å². The largest absolute Gasteiger partial charge is 0.437 e. The summed E-state index contributed by atoms with van der Waals surface area (Å²) in [4.78, 5) is 0. The Morgan fingerprint density at radius 3 is 1.96 bits per heavy atom. The Balaban J connectivity index is 4.70. The van der Waals surface area contributed by atoms with Gasteiger partial charge in [0, 0.05) is 20.8 Å². The smallest absolute Gasteiger partial charge is 0.315 e. The van der Waals surface area contributed by atoms with E-state index in [2.05, 4.69) is 39.3 Å². The van der Waals surface area contributed by atoms with Gasteiger partial charge in [0.25, 0.3) is 0 Å². The van der Waals surface area contributed by atoms with Crippen LogP contribution in [0.1, 0.15) is 6.42 Å². The molecule has 0 fully saturated rings. The molecule has 0 aliphatic heterocycles. The van der Waals surface area contributed by atoms with Crippen molar-refractivity contribution in [3.63, 3.8) is 0 Å². The molecule has 0 aliphatic carbocycles. The lowest BCUT2D eigenvalue weighted by Gasteiger charge is -2.40. The molecule has 0 radical (unpaired) electrons. The van der Waals surface area contributed by atoms with Crippen LogP contribution >= 0.6 is 0 Å². The fourth-order valence-corrected chi connectivity index (χ4v) is 18.2. The van der Waals surface area contributed by atoms with E-state index in [4.69, 9.17) is 26.2 Å². The molecule has 0 aromatic rings. The molecule has 0 heterocycles. The first kappa shape index (κ1) is 24.6. The van der Waals surface area contributed by atoms with Gasteiger partial charge in [-0.1, -0.05) is 0 Å². The van der Waals surface area contributed by atoms with E-state index in [1.54, 1.807) is 14.2 Å². The highest BCUT2D eigenvalue weighted by molar-refractivity contribution is 6.87. The summed E-state index contributed by atoms with van der Waals surface area (Å²) in [7, 11) is -4.52. The molecule has 10 heteroatoms. The molecule has 0 saturated heterocycles. The lowest BCUT2D eigenvalue weighted by molar-refractivity contribution is 0.0703. The molecule has 0 aromatic carbocycles. The summed E-state index contributed by atoms with van der Waals surface area (Å²) in [5.74, 6) is 0. The zero-order chi connectivity index (χ0) is 18.9. The highest BCUT2D eigenvalue weighted by Gasteiger charge is 2.43. The first-order valence-corrected chi connectivity index (χ1v) is 19.5. The van der Waals surface area contributed by atoms with Gasteiger partial charge in [0.1, 0.15) is 0 Å². The Morgan fingerprint density at radius 1 is 0.833 bits per heavy atom. The van der Waals surface area contributed by atoms with Gasteiger partial charge in [-0.2, -0.15) is 0 Å². The van der Waals surface area contributed by atoms with Gasteiger partial charge < -0.3 is 26.2 Å². The first-order valence-electron chi connectivity index (χ1n) is 8.61. The van der Waals surface area contributed by atoms with E-state index in [9.17, 15) is 0 Å². The SMILES string of the molecule is COCCOCCC[Si](C)(O[Si](C)(C)C)O[Si](C)(C)O[SiH](C)OC. The summed E-state index contributed by atoms with van der Waals surface area (Å²) >= 11 is 0. The molecule has 0 amide bonds. The van der Waals surface area contributed by atoms with E-state index in [-0.39, 0.29) is 0 Å². The lowest BCUT2D eigenvalue weighted by atomic mass is 10.5. The van der Waals surface area contributed by atoms with E-state index in [1.807, 2.05) is 6.55 Å². The van der Waals surface area contributed by atoms with E-state index in [1.165, 1.54) is 0 Å². The summed E-state index contributed by atoms with van der Waals surface area (Å²) in [6, 6.07) is 0.910. The van der Waals surface area contributed by atoms with E-state index in [0.29, 0.717) is 19.8 Å².